The molecule has 24 heavy (non-hydrogen) atoms. The number of hydrogen-bond acceptors (Lipinski definition) is 5. The van der Waals surface area contributed by atoms with Gasteiger partial charge in [-0.3, -0.25) is 4.79 Å². The van der Waals surface area contributed by atoms with Gasteiger partial charge in [-0.2, -0.15) is 0 Å². The van der Waals surface area contributed by atoms with E-state index in [4.69, 9.17) is 9.15 Å². The van der Waals surface area contributed by atoms with Gasteiger partial charge in [-0.1, -0.05) is 18.2 Å². The maximum atomic E-state index is 12.6. The minimum absolute atomic E-state index is 0.0438. The first-order valence-electron chi connectivity index (χ1n) is 7.95. The van der Waals surface area contributed by atoms with Crippen molar-refractivity contribution in [2.75, 3.05) is 19.8 Å². The molecule has 3 aromatic rings. The second-order valence-corrected chi connectivity index (χ2v) is 6.38. The van der Waals surface area contributed by atoms with Crippen LogP contribution >= 0.6 is 0 Å². The summed E-state index contributed by atoms with van der Waals surface area (Å²) in [5.41, 5.74) is 0.593. The molecule has 3 rings (SSSR count). The molecule has 2 aromatic carbocycles. The molecule has 0 bridgehead atoms. The van der Waals surface area contributed by atoms with Gasteiger partial charge in [0.2, 0.25) is 5.43 Å². The van der Waals surface area contributed by atoms with E-state index in [0.717, 1.165) is 0 Å². The second kappa shape index (κ2) is 6.63. The number of fused-ring (bicyclic) bond motifs is 2. The molecule has 5 heteroatoms. The molecule has 0 atom stereocenters. The Morgan fingerprint density at radius 2 is 1.88 bits per heavy atom. The smallest absolute Gasteiger partial charge is 0.200 e. The van der Waals surface area contributed by atoms with Crippen molar-refractivity contribution in [2.24, 2.45) is 0 Å². The fourth-order valence-corrected chi connectivity index (χ4v) is 2.52. The van der Waals surface area contributed by atoms with Crippen LogP contribution in [0.15, 0.2) is 51.7 Å². The quantitative estimate of drug-likeness (QED) is 0.538. The Morgan fingerprint density at radius 1 is 1.12 bits per heavy atom. The Kier molecular flexibility index (Phi) is 4.55. The maximum Gasteiger partial charge on any atom is 0.200 e. The lowest BCUT2D eigenvalue weighted by Crippen LogP contribution is -2.44. The first kappa shape index (κ1) is 16.5. The topological polar surface area (TPSA) is 71.7 Å². The molecule has 0 fully saturated rings. The number of aliphatic hydroxyl groups excluding tert-OH is 1. The summed E-state index contributed by atoms with van der Waals surface area (Å²) < 4.78 is 11.7. The van der Waals surface area contributed by atoms with Crippen molar-refractivity contribution < 1.29 is 14.3 Å². The largest absolute Gasteiger partial charge is 0.488 e. The fourth-order valence-electron chi connectivity index (χ4n) is 2.52. The van der Waals surface area contributed by atoms with Gasteiger partial charge in [0.25, 0.3) is 0 Å². The third-order valence-corrected chi connectivity index (χ3v) is 3.93. The third-order valence-electron chi connectivity index (χ3n) is 3.93. The lowest BCUT2D eigenvalue weighted by molar-refractivity contribution is 0.180. The predicted molar refractivity (Wildman–Crippen MR) is 94.7 cm³/mol. The molecule has 0 amide bonds. The Bertz CT molecular complexity index is 914. The third kappa shape index (κ3) is 3.27. The molecule has 0 radical (unpaired) electrons. The van der Waals surface area contributed by atoms with E-state index in [2.05, 4.69) is 5.32 Å². The Balaban J connectivity index is 1.88. The fraction of sp³-hybridized carbons (Fsp3) is 0.316. The van der Waals surface area contributed by atoms with Crippen LogP contribution < -0.4 is 15.5 Å². The molecular weight excluding hydrogens is 306 g/mol. The number of benzene rings is 2. The van der Waals surface area contributed by atoms with Crippen molar-refractivity contribution in [3.8, 4) is 5.75 Å². The highest BCUT2D eigenvalue weighted by Crippen LogP contribution is 2.26. The van der Waals surface area contributed by atoms with E-state index >= 15 is 0 Å². The SMILES string of the molecule is CC(C)(CO)NCCOc1cccc2c(=O)c3ccccc3oc12. The number of para-hydroxylation sites is 2. The van der Waals surface area contributed by atoms with Crippen molar-refractivity contribution in [1.29, 1.82) is 0 Å². The van der Waals surface area contributed by atoms with Gasteiger partial charge in [0.15, 0.2) is 11.3 Å². The highest BCUT2D eigenvalue weighted by molar-refractivity contribution is 5.92. The van der Waals surface area contributed by atoms with E-state index in [0.29, 0.717) is 40.8 Å². The average molecular weight is 327 g/mol. The summed E-state index contributed by atoms with van der Waals surface area (Å²) in [6, 6.07) is 12.5. The minimum atomic E-state index is -0.356. The van der Waals surface area contributed by atoms with E-state index in [1.165, 1.54) is 0 Å². The number of hydrogen-bond donors (Lipinski definition) is 2. The number of aliphatic hydroxyl groups is 1. The number of rotatable bonds is 6. The summed E-state index contributed by atoms with van der Waals surface area (Å²) in [6.07, 6.45) is 0. The molecule has 1 aromatic heterocycles. The highest BCUT2D eigenvalue weighted by Gasteiger charge is 2.15. The first-order valence-corrected chi connectivity index (χ1v) is 7.95. The summed E-state index contributed by atoms with van der Waals surface area (Å²) >= 11 is 0. The summed E-state index contributed by atoms with van der Waals surface area (Å²) in [6.45, 7) is 4.84. The van der Waals surface area contributed by atoms with Gasteiger partial charge in [0, 0.05) is 12.1 Å². The van der Waals surface area contributed by atoms with Crippen molar-refractivity contribution >= 4 is 21.9 Å². The van der Waals surface area contributed by atoms with Gasteiger partial charge in [-0.15, -0.1) is 0 Å². The van der Waals surface area contributed by atoms with E-state index < -0.39 is 0 Å². The lowest BCUT2D eigenvalue weighted by atomic mass is 10.1. The molecule has 126 valence electrons. The van der Waals surface area contributed by atoms with Crippen molar-refractivity contribution in [3.05, 3.63) is 52.7 Å². The van der Waals surface area contributed by atoms with Crippen LogP contribution in [0.1, 0.15) is 13.8 Å². The van der Waals surface area contributed by atoms with Gasteiger partial charge in [-0.25, -0.2) is 0 Å². The maximum absolute atomic E-state index is 12.6. The minimum Gasteiger partial charge on any atom is -0.488 e. The normalized spacial score (nSPS) is 12.0. The van der Waals surface area contributed by atoms with E-state index in [-0.39, 0.29) is 17.6 Å². The summed E-state index contributed by atoms with van der Waals surface area (Å²) in [4.78, 5) is 12.6. The second-order valence-electron chi connectivity index (χ2n) is 6.38. The van der Waals surface area contributed by atoms with Crippen LogP contribution in [-0.2, 0) is 0 Å². The van der Waals surface area contributed by atoms with Crippen LogP contribution in [0.25, 0.3) is 21.9 Å². The molecule has 0 aliphatic carbocycles. The standard InChI is InChI=1S/C19H21NO4/c1-19(2,12-21)20-10-11-23-16-9-5-7-14-17(22)13-6-3-4-8-15(13)24-18(14)16/h3-9,20-21H,10-12H2,1-2H3. The van der Waals surface area contributed by atoms with E-state index in [1.54, 1.807) is 30.3 Å². The van der Waals surface area contributed by atoms with Crippen molar-refractivity contribution in [3.63, 3.8) is 0 Å². The van der Waals surface area contributed by atoms with Crippen LogP contribution in [0.3, 0.4) is 0 Å². The lowest BCUT2D eigenvalue weighted by Gasteiger charge is -2.23. The molecule has 0 aliphatic rings. The average Bonchev–Trinajstić information content (AvgIpc) is 2.59. The van der Waals surface area contributed by atoms with Crippen LogP contribution in [0.5, 0.6) is 5.75 Å². The predicted octanol–water partition coefficient (Wildman–Crippen LogP) is 2.69. The number of nitrogens with one attached hydrogen (secondary N) is 1. The Hall–Kier alpha value is -2.37. The molecule has 0 saturated carbocycles. The molecule has 2 N–H and O–H groups in total. The van der Waals surface area contributed by atoms with E-state index in [1.807, 2.05) is 26.0 Å². The highest BCUT2D eigenvalue weighted by atomic mass is 16.5. The molecule has 1 heterocycles. The van der Waals surface area contributed by atoms with Gasteiger partial charge < -0.3 is 19.6 Å². The Morgan fingerprint density at radius 3 is 2.67 bits per heavy atom. The van der Waals surface area contributed by atoms with Crippen molar-refractivity contribution in [2.45, 2.75) is 19.4 Å². The molecule has 0 aliphatic heterocycles. The zero-order chi connectivity index (χ0) is 17.2. The van der Waals surface area contributed by atoms with Gasteiger partial charge in [0.1, 0.15) is 12.2 Å². The van der Waals surface area contributed by atoms with Crippen LogP contribution in [0.2, 0.25) is 0 Å². The summed E-state index contributed by atoms with van der Waals surface area (Å²) in [7, 11) is 0. The van der Waals surface area contributed by atoms with Gasteiger partial charge in [0.05, 0.1) is 17.4 Å². The number of ether oxygens (including phenoxy) is 1. The van der Waals surface area contributed by atoms with Crippen molar-refractivity contribution in [1.82, 2.24) is 5.32 Å². The van der Waals surface area contributed by atoms with Crippen LogP contribution in [0, 0.1) is 0 Å². The van der Waals surface area contributed by atoms with E-state index in [9.17, 15) is 9.90 Å². The summed E-state index contributed by atoms with van der Waals surface area (Å²) in [5, 5.41) is 13.5. The monoisotopic (exact) mass is 327 g/mol. The van der Waals surface area contributed by atoms with Gasteiger partial charge >= 0.3 is 0 Å². The van der Waals surface area contributed by atoms with Crippen LogP contribution in [0.4, 0.5) is 0 Å². The molecular formula is C19H21NO4. The molecule has 0 saturated heterocycles. The summed E-state index contributed by atoms with van der Waals surface area (Å²) in [5.74, 6) is 0.541. The van der Waals surface area contributed by atoms with Gasteiger partial charge in [-0.05, 0) is 38.1 Å². The zero-order valence-electron chi connectivity index (χ0n) is 13.8. The Labute approximate surface area is 139 Å². The van der Waals surface area contributed by atoms with Crippen LogP contribution in [-0.4, -0.2) is 30.4 Å². The molecule has 0 spiro atoms. The molecule has 5 nitrogen and oxygen atoms in total. The first-order chi connectivity index (χ1) is 11.5. The molecule has 0 unspecified atom stereocenters. The zero-order valence-corrected chi connectivity index (χ0v) is 13.8.